The number of nitrogens with zero attached hydrogens (tertiary/aromatic N) is 2. The lowest BCUT2D eigenvalue weighted by Crippen LogP contribution is -2.50. The molecule has 0 aromatic carbocycles. The van der Waals surface area contributed by atoms with Crippen LogP contribution >= 0.6 is 0 Å². The highest BCUT2D eigenvalue weighted by atomic mass is 15.1. The monoisotopic (exact) mass is 206 g/mol. The van der Waals surface area contributed by atoms with Gasteiger partial charge in [-0.2, -0.15) is 5.10 Å². The van der Waals surface area contributed by atoms with Crippen molar-refractivity contribution in [2.75, 3.05) is 20.1 Å². The first-order valence-corrected chi connectivity index (χ1v) is 5.69. The summed E-state index contributed by atoms with van der Waals surface area (Å²) in [5.74, 6) is 0. The fraction of sp³-hybridized carbons (Fsp3) is 0.727. The van der Waals surface area contributed by atoms with Crippen molar-refractivity contribution >= 4 is 0 Å². The van der Waals surface area contributed by atoms with Crippen molar-refractivity contribution in [1.29, 1.82) is 0 Å². The standard InChI is InChI=1S/C11H18N4/c1-15-4-2-11(3-5-15)9(12)6-8-7-13-14-10(8)11/h7,9H,2-6,12H2,1H3,(H,13,14)/t9-/m1/s1. The molecule has 2 aliphatic rings. The summed E-state index contributed by atoms with van der Waals surface area (Å²) < 4.78 is 0. The first-order chi connectivity index (χ1) is 7.22. The number of likely N-dealkylation sites (tertiary alicyclic amines) is 1. The van der Waals surface area contributed by atoms with E-state index in [0.29, 0.717) is 0 Å². The molecule has 3 rings (SSSR count). The van der Waals surface area contributed by atoms with Crippen molar-refractivity contribution < 1.29 is 0 Å². The van der Waals surface area contributed by atoms with E-state index in [1.807, 2.05) is 6.20 Å². The van der Waals surface area contributed by atoms with Crippen LogP contribution in [0.4, 0.5) is 0 Å². The van der Waals surface area contributed by atoms with E-state index in [2.05, 4.69) is 22.1 Å². The zero-order valence-electron chi connectivity index (χ0n) is 9.16. The van der Waals surface area contributed by atoms with Crippen molar-refractivity contribution in [3.05, 3.63) is 17.5 Å². The highest BCUT2D eigenvalue weighted by molar-refractivity contribution is 5.36. The third-order valence-corrected chi connectivity index (χ3v) is 4.24. The first-order valence-electron chi connectivity index (χ1n) is 5.69. The zero-order chi connectivity index (χ0) is 10.5. The lowest BCUT2D eigenvalue weighted by atomic mass is 9.73. The minimum Gasteiger partial charge on any atom is -0.327 e. The molecule has 1 saturated heterocycles. The van der Waals surface area contributed by atoms with Crippen molar-refractivity contribution in [2.24, 2.45) is 5.73 Å². The Balaban J connectivity index is 1.97. The smallest absolute Gasteiger partial charge is 0.0522 e. The fourth-order valence-corrected chi connectivity index (χ4v) is 3.15. The molecule has 0 unspecified atom stereocenters. The molecule has 1 atom stereocenters. The number of nitrogens with two attached hydrogens (primary N) is 1. The molecule has 4 nitrogen and oxygen atoms in total. The van der Waals surface area contributed by atoms with E-state index in [-0.39, 0.29) is 11.5 Å². The van der Waals surface area contributed by atoms with Gasteiger partial charge in [-0.15, -0.1) is 0 Å². The Hall–Kier alpha value is -0.870. The average Bonchev–Trinajstić information content (AvgIpc) is 2.75. The van der Waals surface area contributed by atoms with Gasteiger partial charge in [0.05, 0.1) is 6.20 Å². The molecule has 82 valence electrons. The highest BCUT2D eigenvalue weighted by Crippen LogP contribution is 2.44. The van der Waals surface area contributed by atoms with Gasteiger partial charge in [0.1, 0.15) is 0 Å². The van der Waals surface area contributed by atoms with Crippen LogP contribution in [0.5, 0.6) is 0 Å². The molecule has 1 aliphatic carbocycles. The number of aromatic amines is 1. The maximum Gasteiger partial charge on any atom is 0.0522 e. The number of hydrogen-bond acceptors (Lipinski definition) is 3. The van der Waals surface area contributed by atoms with E-state index in [1.54, 1.807) is 0 Å². The molecular weight excluding hydrogens is 188 g/mol. The second-order valence-corrected chi connectivity index (χ2v) is 5.04. The molecular formula is C11H18N4. The van der Waals surface area contributed by atoms with Crippen molar-refractivity contribution in [2.45, 2.75) is 30.7 Å². The predicted molar refractivity (Wildman–Crippen MR) is 58.7 cm³/mol. The Morgan fingerprint density at radius 2 is 2.27 bits per heavy atom. The Morgan fingerprint density at radius 3 is 3.00 bits per heavy atom. The Labute approximate surface area is 89.8 Å². The summed E-state index contributed by atoms with van der Waals surface area (Å²) in [6.45, 7) is 2.29. The van der Waals surface area contributed by atoms with Gasteiger partial charge in [-0.25, -0.2) is 0 Å². The van der Waals surface area contributed by atoms with Crippen LogP contribution in [0.1, 0.15) is 24.1 Å². The van der Waals surface area contributed by atoms with Crippen LogP contribution in [-0.4, -0.2) is 41.3 Å². The van der Waals surface area contributed by atoms with Gasteiger partial charge in [-0.05, 0) is 45.0 Å². The fourth-order valence-electron chi connectivity index (χ4n) is 3.15. The van der Waals surface area contributed by atoms with Gasteiger partial charge in [0.2, 0.25) is 0 Å². The van der Waals surface area contributed by atoms with Gasteiger partial charge in [0, 0.05) is 17.2 Å². The lowest BCUT2D eigenvalue weighted by molar-refractivity contribution is 0.168. The van der Waals surface area contributed by atoms with Gasteiger partial charge in [0.25, 0.3) is 0 Å². The van der Waals surface area contributed by atoms with Crippen LogP contribution in [0.3, 0.4) is 0 Å². The van der Waals surface area contributed by atoms with Gasteiger partial charge in [-0.1, -0.05) is 0 Å². The van der Waals surface area contributed by atoms with Gasteiger partial charge in [-0.3, -0.25) is 5.10 Å². The molecule has 0 amide bonds. The predicted octanol–water partition coefficient (Wildman–Crippen LogP) is 0.256. The highest BCUT2D eigenvalue weighted by Gasteiger charge is 2.47. The maximum absolute atomic E-state index is 6.32. The van der Waals surface area contributed by atoms with E-state index in [9.17, 15) is 0 Å². The normalized spacial score (nSPS) is 29.6. The maximum atomic E-state index is 6.32. The van der Waals surface area contributed by atoms with Gasteiger partial charge < -0.3 is 10.6 Å². The molecule has 1 spiro atoms. The number of H-pyrrole nitrogens is 1. The SMILES string of the molecule is CN1CCC2(CC1)c1[nH]ncc1C[C@H]2N. The van der Waals surface area contributed by atoms with Gasteiger partial charge in [0.15, 0.2) is 0 Å². The summed E-state index contributed by atoms with van der Waals surface area (Å²) >= 11 is 0. The van der Waals surface area contributed by atoms with Crippen molar-refractivity contribution in [3.63, 3.8) is 0 Å². The minimum atomic E-state index is 0.193. The number of piperidine rings is 1. The third kappa shape index (κ3) is 1.18. The molecule has 0 saturated carbocycles. The number of hydrogen-bond donors (Lipinski definition) is 2. The van der Waals surface area contributed by atoms with E-state index in [1.165, 1.54) is 24.1 Å². The van der Waals surface area contributed by atoms with Crippen LogP contribution < -0.4 is 5.73 Å². The number of nitrogens with one attached hydrogen (secondary N) is 1. The first kappa shape index (κ1) is 9.36. The van der Waals surface area contributed by atoms with E-state index < -0.39 is 0 Å². The van der Waals surface area contributed by atoms with E-state index in [0.717, 1.165) is 19.5 Å². The quantitative estimate of drug-likeness (QED) is 0.640. The van der Waals surface area contributed by atoms with Crippen LogP contribution in [0.15, 0.2) is 6.20 Å². The summed E-state index contributed by atoms with van der Waals surface area (Å²) in [6, 6.07) is 0.287. The number of fused-ring (bicyclic) bond motifs is 2. The van der Waals surface area contributed by atoms with Crippen molar-refractivity contribution in [1.82, 2.24) is 15.1 Å². The third-order valence-electron chi connectivity index (χ3n) is 4.24. The van der Waals surface area contributed by atoms with Gasteiger partial charge >= 0.3 is 0 Å². The topological polar surface area (TPSA) is 57.9 Å². The summed E-state index contributed by atoms with van der Waals surface area (Å²) in [6.07, 6.45) is 5.28. The second kappa shape index (κ2) is 3.06. The van der Waals surface area contributed by atoms with E-state index >= 15 is 0 Å². The molecule has 0 bridgehead atoms. The molecule has 3 N–H and O–H groups in total. The molecule has 1 fully saturated rings. The van der Waals surface area contributed by atoms with Crippen molar-refractivity contribution in [3.8, 4) is 0 Å². The summed E-state index contributed by atoms with van der Waals surface area (Å²) in [4.78, 5) is 2.38. The average molecular weight is 206 g/mol. The summed E-state index contributed by atoms with van der Waals surface area (Å²) in [7, 11) is 2.18. The second-order valence-electron chi connectivity index (χ2n) is 5.04. The molecule has 2 heterocycles. The molecule has 1 aliphatic heterocycles. The van der Waals surface area contributed by atoms with Crippen LogP contribution in [0, 0.1) is 0 Å². The molecule has 15 heavy (non-hydrogen) atoms. The largest absolute Gasteiger partial charge is 0.327 e. The molecule has 0 radical (unpaired) electrons. The number of aromatic nitrogens is 2. The Bertz CT molecular complexity index is 362. The Kier molecular flexibility index (Phi) is 1.91. The van der Waals surface area contributed by atoms with Crippen LogP contribution in [-0.2, 0) is 11.8 Å². The summed E-state index contributed by atoms with van der Waals surface area (Å²) in [5.41, 5.74) is 9.17. The zero-order valence-corrected chi connectivity index (χ0v) is 9.16. The van der Waals surface area contributed by atoms with E-state index in [4.69, 9.17) is 5.73 Å². The molecule has 1 aromatic heterocycles. The van der Waals surface area contributed by atoms with Crippen LogP contribution in [0.25, 0.3) is 0 Å². The number of rotatable bonds is 0. The molecule has 1 aromatic rings. The molecule has 4 heteroatoms. The van der Waals surface area contributed by atoms with Crippen LogP contribution in [0.2, 0.25) is 0 Å². The Morgan fingerprint density at radius 1 is 1.53 bits per heavy atom. The lowest BCUT2D eigenvalue weighted by Gasteiger charge is -2.40. The minimum absolute atomic E-state index is 0.193. The summed E-state index contributed by atoms with van der Waals surface area (Å²) in [5, 5.41) is 7.33.